The van der Waals surface area contributed by atoms with Gasteiger partial charge in [-0.25, -0.2) is 4.68 Å². The highest BCUT2D eigenvalue weighted by Gasteiger charge is 2.47. The maximum absolute atomic E-state index is 10.5. The molecule has 8 nitrogen and oxygen atoms in total. The van der Waals surface area contributed by atoms with Crippen molar-refractivity contribution < 1.29 is 14.9 Å². The first kappa shape index (κ1) is 17.7. The van der Waals surface area contributed by atoms with E-state index in [2.05, 4.69) is 22.2 Å². The maximum Gasteiger partial charge on any atom is 0.134 e. The Labute approximate surface area is 155 Å². The van der Waals surface area contributed by atoms with E-state index in [0.29, 0.717) is 13.1 Å². The van der Waals surface area contributed by atoms with E-state index in [9.17, 15) is 10.2 Å². The fourth-order valence-electron chi connectivity index (χ4n) is 3.32. The summed E-state index contributed by atoms with van der Waals surface area (Å²) in [6, 6.07) is 3.53. The Balaban J connectivity index is 1.40. The molecule has 4 rings (SSSR count). The first-order valence-corrected chi connectivity index (χ1v) is 9.76. The summed E-state index contributed by atoms with van der Waals surface area (Å²) in [5.41, 5.74) is 0.580. The Hall–Kier alpha value is -1.68. The van der Waals surface area contributed by atoms with E-state index in [0.717, 1.165) is 23.6 Å². The number of aromatic nitrogens is 4. The molecular formula is C17H23N5O3S. The second-order valence-corrected chi connectivity index (χ2v) is 7.86. The van der Waals surface area contributed by atoms with Gasteiger partial charge in [0.15, 0.2) is 0 Å². The molecule has 0 amide bonds. The van der Waals surface area contributed by atoms with Crippen LogP contribution in [0.15, 0.2) is 35.7 Å². The van der Waals surface area contributed by atoms with Gasteiger partial charge in [-0.15, -0.1) is 5.10 Å². The molecule has 5 atom stereocenters. The fraction of sp³-hybridized carbons (Fsp3) is 0.588. The predicted molar refractivity (Wildman–Crippen MR) is 98.0 cm³/mol. The average molecular weight is 377 g/mol. The number of aliphatic imine (C=N–C) groups is 1. The van der Waals surface area contributed by atoms with Crippen molar-refractivity contribution in [1.29, 1.82) is 0 Å². The normalized spacial score (nSPS) is 31.0. The Morgan fingerprint density at radius 3 is 2.81 bits per heavy atom. The number of aliphatic hydroxyl groups excluding tert-OH is 2. The molecule has 9 heteroatoms. The molecule has 2 aromatic rings. The van der Waals surface area contributed by atoms with Crippen molar-refractivity contribution in [2.45, 2.75) is 62.6 Å². The summed E-state index contributed by atoms with van der Waals surface area (Å²) in [4.78, 5) is 4.53. The fourth-order valence-corrected chi connectivity index (χ4v) is 4.65. The van der Waals surface area contributed by atoms with Gasteiger partial charge in [-0.2, -0.15) is 0 Å². The molecule has 0 radical (unpaired) electrons. The molecule has 0 spiro atoms. The van der Waals surface area contributed by atoms with E-state index < -0.39 is 24.4 Å². The number of thioether (sulfide) groups is 1. The molecule has 1 fully saturated rings. The number of ether oxygens (including phenoxy) is 1. The lowest BCUT2D eigenvalue weighted by atomic mass is 9.98. The molecule has 0 bridgehead atoms. The summed E-state index contributed by atoms with van der Waals surface area (Å²) >= 11 is 1.56. The number of hydrogen-bond donors (Lipinski definition) is 2. The van der Waals surface area contributed by atoms with E-state index in [4.69, 9.17) is 4.74 Å². The molecule has 0 aliphatic carbocycles. The molecule has 0 aromatic carbocycles. The van der Waals surface area contributed by atoms with Gasteiger partial charge in [-0.3, -0.25) is 4.99 Å². The van der Waals surface area contributed by atoms with E-state index in [1.165, 1.54) is 0 Å². The summed E-state index contributed by atoms with van der Waals surface area (Å²) in [6.45, 7) is 3.07. The van der Waals surface area contributed by atoms with Gasteiger partial charge in [0.25, 0.3) is 0 Å². The summed E-state index contributed by atoms with van der Waals surface area (Å²) in [6.07, 6.45) is 5.17. The molecule has 2 aliphatic rings. The standard InChI is InChI=1S/C17H23N5O3S/c1-2-5-13-18-14-16(24)15(23)12(25-17(14)26-13)10-22-9-11(19-20-22)8-21-6-3-4-7-21/h3-4,6-7,9,12,14-17,23-24H,2,5,8,10H2,1H3/t12-,14-,15-,16-,17-/m1/s1. The van der Waals surface area contributed by atoms with Gasteiger partial charge < -0.3 is 19.5 Å². The van der Waals surface area contributed by atoms with Crippen LogP contribution in [0.3, 0.4) is 0 Å². The average Bonchev–Trinajstić information content (AvgIpc) is 3.35. The van der Waals surface area contributed by atoms with Gasteiger partial charge >= 0.3 is 0 Å². The third-order valence-electron chi connectivity index (χ3n) is 4.64. The van der Waals surface area contributed by atoms with Crippen LogP contribution in [0.25, 0.3) is 0 Å². The zero-order chi connectivity index (χ0) is 18.1. The van der Waals surface area contributed by atoms with Crippen molar-refractivity contribution >= 4 is 16.8 Å². The van der Waals surface area contributed by atoms with E-state index in [1.807, 2.05) is 35.3 Å². The lowest BCUT2D eigenvalue weighted by Gasteiger charge is -2.38. The lowest BCUT2D eigenvalue weighted by molar-refractivity contribution is -0.157. The van der Waals surface area contributed by atoms with Crippen molar-refractivity contribution in [3.05, 3.63) is 36.4 Å². The largest absolute Gasteiger partial charge is 0.388 e. The van der Waals surface area contributed by atoms with Crippen LogP contribution in [0.4, 0.5) is 0 Å². The third-order valence-corrected chi connectivity index (χ3v) is 5.85. The van der Waals surface area contributed by atoms with Crippen molar-refractivity contribution in [1.82, 2.24) is 19.6 Å². The number of aliphatic hydroxyl groups is 2. The van der Waals surface area contributed by atoms with Gasteiger partial charge in [-0.1, -0.05) is 30.3 Å². The molecule has 2 aliphatic heterocycles. The van der Waals surface area contributed by atoms with E-state index in [1.54, 1.807) is 16.4 Å². The molecule has 4 heterocycles. The monoisotopic (exact) mass is 377 g/mol. The second kappa shape index (κ2) is 7.51. The Morgan fingerprint density at radius 1 is 1.23 bits per heavy atom. The van der Waals surface area contributed by atoms with Crippen LogP contribution >= 0.6 is 11.8 Å². The Morgan fingerprint density at radius 2 is 2.04 bits per heavy atom. The smallest absolute Gasteiger partial charge is 0.134 e. The minimum Gasteiger partial charge on any atom is -0.388 e. The first-order chi connectivity index (χ1) is 12.6. The van der Waals surface area contributed by atoms with Gasteiger partial charge in [-0.05, 0) is 18.6 Å². The van der Waals surface area contributed by atoms with Crippen LogP contribution in [0.1, 0.15) is 25.5 Å². The van der Waals surface area contributed by atoms with Gasteiger partial charge in [0.2, 0.25) is 0 Å². The molecule has 2 aromatic heterocycles. The van der Waals surface area contributed by atoms with Crippen molar-refractivity contribution in [2.75, 3.05) is 0 Å². The van der Waals surface area contributed by atoms with Crippen LogP contribution in [0.2, 0.25) is 0 Å². The van der Waals surface area contributed by atoms with Crippen LogP contribution in [-0.2, 0) is 17.8 Å². The molecule has 0 saturated carbocycles. The highest BCUT2D eigenvalue weighted by atomic mass is 32.2. The SMILES string of the molecule is CCCC1=N[C@@H]2[C@@H](O)[C@H](O)[C@@H](Cn3cc(Cn4cccc4)nn3)O[C@@H]2S1. The number of rotatable bonds is 6. The van der Waals surface area contributed by atoms with E-state index >= 15 is 0 Å². The van der Waals surface area contributed by atoms with Crippen LogP contribution in [-0.4, -0.2) is 64.6 Å². The van der Waals surface area contributed by atoms with Gasteiger partial charge in [0.05, 0.1) is 24.3 Å². The number of nitrogens with zero attached hydrogens (tertiary/aromatic N) is 5. The van der Waals surface area contributed by atoms with Crippen molar-refractivity contribution in [2.24, 2.45) is 4.99 Å². The van der Waals surface area contributed by atoms with Crippen molar-refractivity contribution in [3.63, 3.8) is 0 Å². The maximum atomic E-state index is 10.5. The highest BCUT2D eigenvalue weighted by molar-refractivity contribution is 8.14. The highest BCUT2D eigenvalue weighted by Crippen LogP contribution is 2.37. The number of fused-ring (bicyclic) bond motifs is 1. The molecule has 2 N–H and O–H groups in total. The van der Waals surface area contributed by atoms with Gasteiger partial charge in [0.1, 0.15) is 35.5 Å². The minimum atomic E-state index is -1.00. The van der Waals surface area contributed by atoms with Crippen LogP contribution < -0.4 is 0 Å². The number of hydrogen-bond acceptors (Lipinski definition) is 7. The van der Waals surface area contributed by atoms with Gasteiger partial charge in [0, 0.05) is 12.4 Å². The summed E-state index contributed by atoms with van der Waals surface area (Å²) in [7, 11) is 0. The Bertz CT molecular complexity index is 762. The molecule has 0 unspecified atom stereocenters. The minimum absolute atomic E-state index is 0.247. The molecule has 140 valence electrons. The van der Waals surface area contributed by atoms with E-state index in [-0.39, 0.29) is 5.44 Å². The first-order valence-electron chi connectivity index (χ1n) is 8.88. The van der Waals surface area contributed by atoms with Crippen molar-refractivity contribution in [3.8, 4) is 0 Å². The molecule has 26 heavy (non-hydrogen) atoms. The zero-order valence-corrected chi connectivity index (χ0v) is 15.4. The van der Waals surface area contributed by atoms with Crippen LogP contribution in [0, 0.1) is 0 Å². The second-order valence-electron chi connectivity index (χ2n) is 6.69. The summed E-state index contributed by atoms with van der Waals surface area (Å²) in [5, 5.41) is 30.2. The molecular weight excluding hydrogens is 354 g/mol. The Kier molecular flexibility index (Phi) is 5.12. The zero-order valence-electron chi connectivity index (χ0n) is 14.5. The predicted octanol–water partition coefficient (Wildman–Crippen LogP) is 0.889. The summed E-state index contributed by atoms with van der Waals surface area (Å²) in [5.74, 6) is 0. The lowest BCUT2D eigenvalue weighted by Crippen LogP contribution is -2.55. The molecule has 1 saturated heterocycles. The third kappa shape index (κ3) is 3.57. The topological polar surface area (TPSA) is 97.7 Å². The summed E-state index contributed by atoms with van der Waals surface area (Å²) < 4.78 is 9.70. The quantitative estimate of drug-likeness (QED) is 0.776. The van der Waals surface area contributed by atoms with Crippen LogP contribution in [0.5, 0.6) is 0 Å².